The predicted molar refractivity (Wildman–Crippen MR) is 64.8 cm³/mol. The molecule has 0 bridgehead atoms. The molecule has 2 aliphatic carbocycles. The highest BCUT2D eigenvalue weighted by atomic mass is 15.2. The van der Waals surface area contributed by atoms with E-state index in [1.807, 2.05) is 0 Å². The van der Waals surface area contributed by atoms with Crippen molar-refractivity contribution in [3.8, 4) is 0 Å². The van der Waals surface area contributed by atoms with Crippen LogP contribution in [0.4, 0.5) is 0 Å². The van der Waals surface area contributed by atoms with Crippen LogP contribution in [-0.2, 0) is 0 Å². The van der Waals surface area contributed by atoms with Crippen LogP contribution in [0.3, 0.4) is 0 Å². The van der Waals surface area contributed by atoms with Gasteiger partial charge in [-0.2, -0.15) is 0 Å². The molecule has 2 heteroatoms. The Bertz CT molecular complexity index is 191. The summed E-state index contributed by atoms with van der Waals surface area (Å²) in [6.45, 7) is 8.11. The van der Waals surface area contributed by atoms with Gasteiger partial charge in [-0.1, -0.05) is 6.92 Å². The Hall–Kier alpha value is -0.0800. The molecule has 2 nitrogen and oxygen atoms in total. The van der Waals surface area contributed by atoms with Crippen molar-refractivity contribution in [2.45, 2.75) is 51.5 Å². The lowest BCUT2D eigenvalue weighted by Gasteiger charge is -2.32. The first-order valence-electron chi connectivity index (χ1n) is 6.60. The zero-order valence-electron chi connectivity index (χ0n) is 10.3. The number of nitrogens with zero attached hydrogens (tertiary/aromatic N) is 1. The molecule has 1 unspecified atom stereocenters. The summed E-state index contributed by atoms with van der Waals surface area (Å²) in [6, 6.07) is 0. The SMILES string of the molecule is CCC(C)(N)CN(CC1CC1)CC1CC1. The number of hydrogen-bond acceptors (Lipinski definition) is 2. The van der Waals surface area contributed by atoms with Crippen molar-refractivity contribution in [1.82, 2.24) is 4.90 Å². The zero-order valence-corrected chi connectivity index (χ0v) is 10.3. The Morgan fingerprint density at radius 1 is 1.13 bits per heavy atom. The van der Waals surface area contributed by atoms with E-state index in [4.69, 9.17) is 5.73 Å². The maximum absolute atomic E-state index is 6.27. The smallest absolute Gasteiger partial charge is 0.0252 e. The van der Waals surface area contributed by atoms with Crippen molar-refractivity contribution in [1.29, 1.82) is 0 Å². The van der Waals surface area contributed by atoms with Crippen molar-refractivity contribution in [2.24, 2.45) is 17.6 Å². The Kier molecular flexibility index (Phi) is 3.36. The first-order valence-corrected chi connectivity index (χ1v) is 6.60. The molecule has 88 valence electrons. The fraction of sp³-hybridized carbons (Fsp3) is 1.00. The monoisotopic (exact) mass is 210 g/mol. The highest BCUT2D eigenvalue weighted by molar-refractivity contribution is 4.87. The largest absolute Gasteiger partial charge is 0.324 e. The molecule has 2 fully saturated rings. The zero-order chi connectivity index (χ0) is 10.9. The highest BCUT2D eigenvalue weighted by Gasteiger charge is 2.31. The van der Waals surface area contributed by atoms with Gasteiger partial charge in [-0.3, -0.25) is 0 Å². The van der Waals surface area contributed by atoms with Crippen LogP contribution < -0.4 is 5.73 Å². The van der Waals surface area contributed by atoms with Gasteiger partial charge >= 0.3 is 0 Å². The van der Waals surface area contributed by atoms with Crippen molar-refractivity contribution in [3.63, 3.8) is 0 Å². The van der Waals surface area contributed by atoms with Crippen molar-refractivity contribution in [3.05, 3.63) is 0 Å². The van der Waals surface area contributed by atoms with E-state index < -0.39 is 0 Å². The van der Waals surface area contributed by atoms with Gasteiger partial charge in [0.2, 0.25) is 0 Å². The van der Waals surface area contributed by atoms with E-state index in [1.165, 1.54) is 38.8 Å². The third-order valence-corrected chi connectivity index (χ3v) is 3.82. The van der Waals surface area contributed by atoms with Gasteiger partial charge in [0.1, 0.15) is 0 Å². The van der Waals surface area contributed by atoms with E-state index in [9.17, 15) is 0 Å². The Labute approximate surface area is 94.2 Å². The quantitative estimate of drug-likeness (QED) is 0.698. The summed E-state index contributed by atoms with van der Waals surface area (Å²) in [4.78, 5) is 2.64. The summed E-state index contributed by atoms with van der Waals surface area (Å²) in [5.74, 6) is 1.99. The van der Waals surface area contributed by atoms with Crippen LogP contribution >= 0.6 is 0 Å². The molecule has 0 saturated heterocycles. The van der Waals surface area contributed by atoms with E-state index in [0.717, 1.165) is 24.8 Å². The third kappa shape index (κ3) is 4.12. The van der Waals surface area contributed by atoms with Gasteiger partial charge in [0, 0.05) is 25.2 Å². The van der Waals surface area contributed by atoms with Gasteiger partial charge in [0.25, 0.3) is 0 Å². The Morgan fingerprint density at radius 3 is 1.93 bits per heavy atom. The van der Waals surface area contributed by atoms with E-state index in [-0.39, 0.29) is 5.54 Å². The molecule has 0 heterocycles. The summed E-state index contributed by atoms with van der Waals surface area (Å²) >= 11 is 0. The molecule has 15 heavy (non-hydrogen) atoms. The Morgan fingerprint density at radius 2 is 1.60 bits per heavy atom. The first kappa shape index (κ1) is 11.4. The number of nitrogens with two attached hydrogens (primary N) is 1. The van der Waals surface area contributed by atoms with E-state index >= 15 is 0 Å². The molecule has 2 aliphatic rings. The van der Waals surface area contributed by atoms with Crippen LogP contribution in [0.15, 0.2) is 0 Å². The third-order valence-electron chi connectivity index (χ3n) is 3.82. The maximum atomic E-state index is 6.27. The van der Waals surface area contributed by atoms with Gasteiger partial charge in [0.15, 0.2) is 0 Å². The molecule has 2 N–H and O–H groups in total. The van der Waals surface area contributed by atoms with E-state index in [0.29, 0.717) is 0 Å². The lowest BCUT2D eigenvalue weighted by Crippen LogP contribution is -2.48. The highest BCUT2D eigenvalue weighted by Crippen LogP contribution is 2.34. The normalized spacial score (nSPS) is 25.6. The summed E-state index contributed by atoms with van der Waals surface area (Å²) in [5, 5.41) is 0. The van der Waals surface area contributed by atoms with Crippen LogP contribution in [0, 0.1) is 11.8 Å². The summed E-state index contributed by atoms with van der Waals surface area (Å²) in [6.07, 6.45) is 6.89. The van der Waals surface area contributed by atoms with Gasteiger partial charge in [-0.05, 0) is 50.9 Å². The van der Waals surface area contributed by atoms with Crippen molar-refractivity contribution in [2.75, 3.05) is 19.6 Å². The standard InChI is InChI=1S/C13H26N2/c1-3-13(2,14)10-15(8-11-4-5-11)9-12-6-7-12/h11-12H,3-10,14H2,1-2H3. The second-order valence-corrected chi connectivity index (χ2v) is 6.09. The van der Waals surface area contributed by atoms with Gasteiger partial charge in [-0.15, -0.1) is 0 Å². The first-order chi connectivity index (χ1) is 7.09. The van der Waals surface area contributed by atoms with E-state index in [2.05, 4.69) is 18.7 Å². The van der Waals surface area contributed by atoms with Crippen molar-refractivity contribution >= 4 is 0 Å². The van der Waals surface area contributed by atoms with Crippen molar-refractivity contribution < 1.29 is 0 Å². The molecule has 2 rings (SSSR count). The van der Waals surface area contributed by atoms with Crippen LogP contribution in [0.25, 0.3) is 0 Å². The summed E-state index contributed by atoms with van der Waals surface area (Å²) in [5.41, 5.74) is 6.29. The van der Waals surface area contributed by atoms with Gasteiger partial charge in [-0.25, -0.2) is 0 Å². The second-order valence-electron chi connectivity index (χ2n) is 6.09. The van der Waals surface area contributed by atoms with Crippen LogP contribution in [0.1, 0.15) is 46.0 Å². The fourth-order valence-electron chi connectivity index (χ4n) is 2.16. The molecule has 0 radical (unpaired) electrons. The summed E-state index contributed by atoms with van der Waals surface area (Å²) in [7, 11) is 0. The molecule has 0 aromatic heterocycles. The predicted octanol–water partition coefficient (Wildman–Crippen LogP) is 2.24. The maximum Gasteiger partial charge on any atom is 0.0252 e. The Balaban J connectivity index is 1.79. The summed E-state index contributed by atoms with van der Waals surface area (Å²) < 4.78 is 0. The molecule has 1 atom stereocenters. The van der Waals surface area contributed by atoms with E-state index in [1.54, 1.807) is 0 Å². The minimum atomic E-state index is 0.0176. The lowest BCUT2D eigenvalue weighted by atomic mass is 9.99. The lowest BCUT2D eigenvalue weighted by molar-refractivity contribution is 0.198. The minimum Gasteiger partial charge on any atom is -0.324 e. The fourth-order valence-corrected chi connectivity index (χ4v) is 2.16. The second kappa shape index (κ2) is 4.42. The topological polar surface area (TPSA) is 29.3 Å². The minimum absolute atomic E-state index is 0.0176. The average Bonchev–Trinajstić information content (AvgIpc) is 2.99. The molecule has 0 aromatic carbocycles. The molecule has 0 aromatic rings. The molecule has 0 spiro atoms. The molecule has 2 saturated carbocycles. The molecular formula is C13H26N2. The van der Waals surface area contributed by atoms with Crippen LogP contribution in [0.2, 0.25) is 0 Å². The molecular weight excluding hydrogens is 184 g/mol. The van der Waals surface area contributed by atoms with Gasteiger partial charge < -0.3 is 10.6 Å². The molecule has 0 amide bonds. The van der Waals surface area contributed by atoms with Crippen LogP contribution in [-0.4, -0.2) is 30.1 Å². The van der Waals surface area contributed by atoms with Gasteiger partial charge in [0.05, 0.1) is 0 Å². The number of hydrogen-bond donors (Lipinski definition) is 1. The average molecular weight is 210 g/mol. The van der Waals surface area contributed by atoms with Crippen LogP contribution in [0.5, 0.6) is 0 Å². The number of rotatable bonds is 7. The molecule has 0 aliphatic heterocycles.